The standard InChI is InChI=1S/C18H19FN4O3/c19-14-4-6-15(7-5-14)22-12-13(11-17(22)25)18(26)20-8-2-10-23-16(24)3-1-9-21-23/h1,3-7,9,13H,2,8,10-12H2,(H,20,26). The number of nitrogens with zero attached hydrogens (tertiary/aromatic N) is 3. The highest BCUT2D eigenvalue weighted by Crippen LogP contribution is 2.25. The average molecular weight is 358 g/mol. The van der Waals surface area contributed by atoms with Crippen LogP contribution in [0.15, 0.2) is 47.4 Å². The van der Waals surface area contributed by atoms with Gasteiger partial charge in [0.05, 0.1) is 5.92 Å². The van der Waals surface area contributed by atoms with E-state index in [2.05, 4.69) is 10.4 Å². The molecule has 1 N–H and O–H groups in total. The number of halogens is 1. The smallest absolute Gasteiger partial charge is 0.266 e. The van der Waals surface area contributed by atoms with Gasteiger partial charge in [0, 0.05) is 44.0 Å². The monoisotopic (exact) mass is 358 g/mol. The summed E-state index contributed by atoms with van der Waals surface area (Å²) in [5.74, 6) is -1.17. The van der Waals surface area contributed by atoms with E-state index >= 15 is 0 Å². The van der Waals surface area contributed by atoms with E-state index in [9.17, 15) is 18.8 Å². The molecule has 136 valence electrons. The van der Waals surface area contributed by atoms with Gasteiger partial charge in [0.1, 0.15) is 5.82 Å². The number of aromatic nitrogens is 2. The summed E-state index contributed by atoms with van der Waals surface area (Å²) in [5, 5.41) is 6.74. The number of rotatable bonds is 6. The first kappa shape index (κ1) is 17.8. The van der Waals surface area contributed by atoms with E-state index in [4.69, 9.17) is 0 Å². The van der Waals surface area contributed by atoms with Crippen LogP contribution in [0.2, 0.25) is 0 Å². The Morgan fingerprint density at radius 1 is 1.23 bits per heavy atom. The van der Waals surface area contributed by atoms with Gasteiger partial charge in [0.2, 0.25) is 11.8 Å². The number of hydrogen-bond acceptors (Lipinski definition) is 4. The minimum Gasteiger partial charge on any atom is -0.356 e. The molecule has 0 spiro atoms. The van der Waals surface area contributed by atoms with Crippen LogP contribution < -0.4 is 15.8 Å². The van der Waals surface area contributed by atoms with Crippen LogP contribution in [0.1, 0.15) is 12.8 Å². The van der Waals surface area contributed by atoms with Gasteiger partial charge in [-0.2, -0.15) is 5.10 Å². The van der Waals surface area contributed by atoms with Crippen molar-refractivity contribution in [2.24, 2.45) is 5.92 Å². The molecule has 1 fully saturated rings. The second-order valence-electron chi connectivity index (χ2n) is 6.11. The van der Waals surface area contributed by atoms with E-state index in [-0.39, 0.29) is 36.2 Å². The molecule has 1 saturated heterocycles. The Hall–Kier alpha value is -3.03. The van der Waals surface area contributed by atoms with E-state index in [0.29, 0.717) is 25.2 Å². The molecular formula is C18H19FN4O3. The fourth-order valence-corrected chi connectivity index (χ4v) is 2.89. The fourth-order valence-electron chi connectivity index (χ4n) is 2.89. The quantitative estimate of drug-likeness (QED) is 0.779. The Labute approximate surface area is 149 Å². The lowest BCUT2D eigenvalue weighted by atomic mass is 10.1. The number of nitrogens with one attached hydrogen (secondary N) is 1. The largest absolute Gasteiger partial charge is 0.356 e. The van der Waals surface area contributed by atoms with E-state index < -0.39 is 5.92 Å². The van der Waals surface area contributed by atoms with Crippen molar-refractivity contribution in [3.05, 3.63) is 58.8 Å². The summed E-state index contributed by atoms with van der Waals surface area (Å²) in [6.07, 6.45) is 2.22. The van der Waals surface area contributed by atoms with Crippen molar-refractivity contribution >= 4 is 17.5 Å². The molecule has 2 aromatic rings. The topological polar surface area (TPSA) is 84.3 Å². The molecule has 1 aliphatic heterocycles. The van der Waals surface area contributed by atoms with Crippen molar-refractivity contribution < 1.29 is 14.0 Å². The lowest BCUT2D eigenvalue weighted by Crippen LogP contribution is -2.34. The average Bonchev–Trinajstić information content (AvgIpc) is 3.02. The molecule has 1 aromatic carbocycles. The van der Waals surface area contributed by atoms with Crippen LogP contribution in [0.25, 0.3) is 0 Å². The molecule has 3 rings (SSSR count). The normalized spacial score (nSPS) is 16.7. The SMILES string of the molecule is O=C(NCCCn1ncccc1=O)C1CC(=O)N(c2ccc(F)cc2)C1. The van der Waals surface area contributed by atoms with E-state index in [0.717, 1.165) is 0 Å². The van der Waals surface area contributed by atoms with Gasteiger partial charge in [-0.3, -0.25) is 14.4 Å². The van der Waals surface area contributed by atoms with Crippen LogP contribution in [0, 0.1) is 11.7 Å². The van der Waals surface area contributed by atoms with Crippen molar-refractivity contribution in [3.63, 3.8) is 0 Å². The highest BCUT2D eigenvalue weighted by atomic mass is 19.1. The minimum absolute atomic E-state index is 0.128. The summed E-state index contributed by atoms with van der Waals surface area (Å²) >= 11 is 0. The van der Waals surface area contributed by atoms with Crippen molar-refractivity contribution in [2.75, 3.05) is 18.0 Å². The summed E-state index contributed by atoms with van der Waals surface area (Å²) in [6, 6.07) is 8.63. The second kappa shape index (κ2) is 7.90. The summed E-state index contributed by atoms with van der Waals surface area (Å²) in [4.78, 5) is 37.4. The summed E-state index contributed by atoms with van der Waals surface area (Å²) in [7, 11) is 0. The number of carbonyl (C=O) groups is 2. The van der Waals surface area contributed by atoms with Crippen molar-refractivity contribution in [2.45, 2.75) is 19.4 Å². The van der Waals surface area contributed by atoms with Crippen LogP contribution in [0.4, 0.5) is 10.1 Å². The number of hydrogen-bond donors (Lipinski definition) is 1. The zero-order valence-electron chi connectivity index (χ0n) is 14.1. The first-order chi connectivity index (χ1) is 12.5. The highest BCUT2D eigenvalue weighted by molar-refractivity contribution is 6.00. The second-order valence-corrected chi connectivity index (χ2v) is 6.11. The summed E-state index contributed by atoms with van der Waals surface area (Å²) < 4.78 is 14.3. The first-order valence-electron chi connectivity index (χ1n) is 8.40. The molecule has 7 nitrogen and oxygen atoms in total. The lowest BCUT2D eigenvalue weighted by Gasteiger charge is -2.16. The van der Waals surface area contributed by atoms with Crippen LogP contribution in [0.3, 0.4) is 0 Å². The van der Waals surface area contributed by atoms with Crippen LogP contribution in [-0.2, 0) is 16.1 Å². The molecule has 2 amide bonds. The van der Waals surface area contributed by atoms with Crippen molar-refractivity contribution in [1.29, 1.82) is 0 Å². The molecule has 0 aliphatic carbocycles. The van der Waals surface area contributed by atoms with Crippen LogP contribution >= 0.6 is 0 Å². The lowest BCUT2D eigenvalue weighted by molar-refractivity contribution is -0.126. The maximum Gasteiger partial charge on any atom is 0.266 e. The van der Waals surface area contributed by atoms with Gasteiger partial charge in [0.15, 0.2) is 0 Å². The zero-order valence-corrected chi connectivity index (χ0v) is 14.1. The zero-order chi connectivity index (χ0) is 18.5. The number of amides is 2. The molecule has 2 heterocycles. The minimum atomic E-state index is -0.440. The third-order valence-corrected chi connectivity index (χ3v) is 4.27. The predicted octanol–water partition coefficient (Wildman–Crippen LogP) is 0.942. The number of anilines is 1. The predicted molar refractivity (Wildman–Crippen MR) is 93.0 cm³/mol. The molecule has 26 heavy (non-hydrogen) atoms. The first-order valence-corrected chi connectivity index (χ1v) is 8.40. The van der Waals surface area contributed by atoms with Gasteiger partial charge >= 0.3 is 0 Å². The van der Waals surface area contributed by atoms with E-state index in [1.807, 2.05) is 0 Å². The maximum absolute atomic E-state index is 13.0. The fraction of sp³-hybridized carbons (Fsp3) is 0.333. The van der Waals surface area contributed by atoms with E-state index in [1.165, 1.54) is 46.1 Å². The molecule has 8 heteroatoms. The number of carbonyl (C=O) groups excluding carboxylic acids is 2. The molecule has 1 unspecified atom stereocenters. The van der Waals surface area contributed by atoms with E-state index in [1.54, 1.807) is 6.07 Å². The Bertz CT molecular complexity index is 850. The van der Waals surface area contributed by atoms with Crippen molar-refractivity contribution in [3.8, 4) is 0 Å². The Morgan fingerprint density at radius 3 is 2.73 bits per heavy atom. The molecule has 1 aliphatic rings. The van der Waals surface area contributed by atoms with Crippen LogP contribution in [-0.4, -0.2) is 34.7 Å². The maximum atomic E-state index is 13.0. The molecule has 0 bridgehead atoms. The van der Waals surface area contributed by atoms with Gasteiger partial charge in [-0.25, -0.2) is 9.07 Å². The molecule has 1 aromatic heterocycles. The number of benzene rings is 1. The third kappa shape index (κ3) is 4.14. The van der Waals surface area contributed by atoms with Crippen LogP contribution in [0.5, 0.6) is 0 Å². The molecule has 0 radical (unpaired) electrons. The molecular weight excluding hydrogens is 339 g/mol. The Morgan fingerprint density at radius 2 is 2.00 bits per heavy atom. The van der Waals surface area contributed by atoms with Gasteiger partial charge < -0.3 is 10.2 Å². The molecule has 0 saturated carbocycles. The third-order valence-electron chi connectivity index (χ3n) is 4.27. The van der Waals surface area contributed by atoms with Gasteiger partial charge in [-0.05, 0) is 36.8 Å². The van der Waals surface area contributed by atoms with Crippen molar-refractivity contribution in [1.82, 2.24) is 15.1 Å². The number of aryl methyl sites for hydroxylation is 1. The summed E-state index contributed by atoms with van der Waals surface area (Å²) in [5.41, 5.74) is 0.399. The Kier molecular flexibility index (Phi) is 5.40. The van der Waals surface area contributed by atoms with Gasteiger partial charge in [-0.1, -0.05) is 0 Å². The molecule has 1 atom stereocenters. The Balaban J connectivity index is 1.48. The summed E-state index contributed by atoms with van der Waals surface area (Å²) in [6.45, 7) is 1.07. The van der Waals surface area contributed by atoms with Gasteiger partial charge in [0.25, 0.3) is 5.56 Å². The highest BCUT2D eigenvalue weighted by Gasteiger charge is 2.34. The van der Waals surface area contributed by atoms with Gasteiger partial charge in [-0.15, -0.1) is 0 Å².